The molecule has 0 fully saturated rings. The molecule has 0 aliphatic heterocycles. The summed E-state index contributed by atoms with van der Waals surface area (Å²) >= 11 is 9.21. The summed E-state index contributed by atoms with van der Waals surface area (Å²) in [4.78, 5) is 22.6. The second-order valence-corrected chi connectivity index (χ2v) is 6.26. The van der Waals surface area contributed by atoms with E-state index in [0.717, 1.165) is 0 Å². The van der Waals surface area contributed by atoms with Crippen molar-refractivity contribution in [2.24, 2.45) is 5.41 Å². The van der Waals surface area contributed by atoms with E-state index in [4.69, 9.17) is 16.7 Å². The SMILES string of the molecule is CC(C)(CC(=O)O)CC(=O)Nc1cccc(Cl)c1Br. The molecule has 0 spiro atoms. The second-order valence-electron chi connectivity index (χ2n) is 5.06. The Morgan fingerprint density at radius 1 is 1.37 bits per heavy atom. The van der Waals surface area contributed by atoms with Gasteiger partial charge in [0.2, 0.25) is 5.91 Å². The van der Waals surface area contributed by atoms with Gasteiger partial charge in [0.05, 0.1) is 21.6 Å². The summed E-state index contributed by atoms with van der Waals surface area (Å²) < 4.78 is 0.612. The van der Waals surface area contributed by atoms with Crippen LogP contribution in [0.15, 0.2) is 22.7 Å². The summed E-state index contributed by atoms with van der Waals surface area (Å²) in [6.45, 7) is 3.49. The molecule has 0 unspecified atom stereocenters. The number of amides is 1. The highest BCUT2D eigenvalue weighted by atomic mass is 79.9. The molecule has 104 valence electrons. The molecule has 0 aliphatic rings. The minimum absolute atomic E-state index is 0.0584. The molecule has 0 atom stereocenters. The van der Waals surface area contributed by atoms with Crippen molar-refractivity contribution in [1.29, 1.82) is 0 Å². The predicted molar refractivity (Wildman–Crippen MR) is 78.4 cm³/mol. The molecule has 2 N–H and O–H groups in total. The third-order valence-electron chi connectivity index (χ3n) is 2.49. The quantitative estimate of drug-likeness (QED) is 0.847. The molecule has 0 heterocycles. The summed E-state index contributed by atoms with van der Waals surface area (Å²) in [6, 6.07) is 5.15. The molecule has 0 saturated carbocycles. The molecule has 19 heavy (non-hydrogen) atoms. The maximum atomic E-state index is 11.9. The molecule has 1 aromatic rings. The lowest BCUT2D eigenvalue weighted by Gasteiger charge is -2.21. The number of aliphatic carboxylic acids is 1. The number of carboxylic acids is 1. The molecule has 1 rings (SSSR count). The van der Waals surface area contributed by atoms with Gasteiger partial charge in [-0.05, 0) is 33.5 Å². The Labute approximate surface area is 125 Å². The number of benzene rings is 1. The topological polar surface area (TPSA) is 66.4 Å². The second kappa shape index (κ2) is 6.39. The number of hydrogen-bond donors (Lipinski definition) is 2. The number of carboxylic acid groups (broad SMARTS) is 1. The van der Waals surface area contributed by atoms with Crippen molar-refractivity contribution >= 4 is 45.1 Å². The normalized spacial score (nSPS) is 11.2. The Morgan fingerprint density at radius 3 is 2.58 bits per heavy atom. The van der Waals surface area contributed by atoms with Crippen LogP contribution in [0.3, 0.4) is 0 Å². The summed E-state index contributed by atoms with van der Waals surface area (Å²) in [5.74, 6) is -1.16. The van der Waals surface area contributed by atoms with Crippen LogP contribution in [0.4, 0.5) is 5.69 Å². The van der Waals surface area contributed by atoms with Gasteiger partial charge in [0, 0.05) is 6.42 Å². The van der Waals surface area contributed by atoms with Gasteiger partial charge in [-0.15, -0.1) is 0 Å². The first-order valence-corrected chi connectivity index (χ1v) is 6.84. The van der Waals surface area contributed by atoms with E-state index in [1.165, 1.54) is 0 Å². The van der Waals surface area contributed by atoms with Crippen LogP contribution < -0.4 is 5.32 Å². The van der Waals surface area contributed by atoms with Gasteiger partial charge in [-0.2, -0.15) is 0 Å². The van der Waals surface area contributed by atoms with E-state index >= 15 is 0 Å². The van der Waals surface area contributed by atoms with Crippen LogP contribution >= 0.6 is 27.5 Å². The number of hydrogen-bond acceptors (Lipinski definition) is 2. The number of carbonyl (C=O) groups is 2. The largest absolute Gasteiger partial charge is 0.481 e. The van der Waals surface area contributed by atoms with Crippen LogP contribution in [-0.2, 0) is 9.59 Å². The van der Waals surface area contributed by atoms with E-state index in [1.807, 2.05) is 0 Å². The molecule has 0 bridgehead atoms. The number of nitrogens with one attached hydrogen (secondary N) is 1. The molecule has 4 nitrogen and oxygen atoms in total. The third-order valence-corrected chi connectivity index (χ3v) is 3.89. The highest BCUT2D eigenvalue weighted by molar-refractivity contribution is 9.10. The Morgan fingerprint density at radius 2 is 2.00 bits per heavy atom. The standard InChI is InChI=1S/C13H15BrClNO3/c1-13(2,7-11(18)19)6-10(17)16-9-5-3-4-8(15)12(9)14/h3-5H,6-7H2,1-2H3,(H,16,17)(H,18,19). The summed E-state index contributed by atoms with van der Waals surface area (Å²) in [7, 11) is 0. The van der Waals surface area contributed by atoms with Gasteiger partial charge in [0.15, 0.2) is 0 Å². The fourth-order valence-corrected chi connectivity index (χ4v) is 2.24. The van der Waals surface area contributed by atoms with E-state index in [9.17, 15) is 9.59 Å². The van der Waals surface area contributed by atoms with Gasteiger partial charge in [-0.1, -0.05) is 31.5 Å². The lowest BCUT2D eigenvalue weighted by atomic mass is 9.85. The molecule has 0 aromatic heterocycles. The summed E-state index contributed by atoms with van der Waals surface area (Å²) in [6.07, 6.45) is 0.0649. The fraction of sp³-hybridized carbons (Fsp3) is 0.385. The monoisotopic (exact) mass is 347 g/mol. The average Bonchev–Trinajstić information content (AvgIpc) is 2.21. The maximum absolute atomic E-state index is 11.9. The first-order chi connectivity index (χ1) is 8.71. The van der Waals surface area contributed by atoms with Crippen molar-refractivity contribution in [3.05, 3.63) is 27.7 Å². The Kier molecular flexibility index (Phi) is 5.38. The van der Waals surface area contributed by atoms with Crippen LogP contribution in [0.2, 0.25) is 5.02 Å². The molecule has 1 aromatic carbocycles. The van der Waals surface area contributed by atoms with E-state index in [2.05, 4.69) is 21.2 Å². The Hall–Kier alpha value is -1.07. The first kappa shape index (κ1) is 16.0. The van der Waals surface area contributed by atoms with Crippen molar-refractivity contribution in [1.82, 2.24) is 0 Å². The Bertz CT molecular complexity index is 503. The number of rotatable bonds is 5. The molecular weight excluding hydrogens is 334 g/mol. The first-order valence-electron chi connectivity index (χ1n) is 5.67. The van der Waals surface area contributed by atoms with Crippen LogP contribution in [0.5, 0.6) is 0 Å². The molecule has 1 amide bonds. The van der Waals surface area contributed by atoms with Crippen molar-refractivity contribution in [2.45, 2.75) is 26.7 Å². The zero-order valence-corrected chi connectivity index (χ0v) is 13.0. The zero-order valence-electron chi connectivity index (χ0n) is 10.7. The molecule has 0 aliphatic carbocycles. The minimum atomic E-state index is -0.915. The fourth-order valence-electron chi connectivity index (χ4n) is 1.70. The lowest BCUT2D eigenvalue weighted by molar-refractivity contribution is -0.139. The van der Waals surface area contributed by atoms with E-state index in [-0.39, 0.29) is 18.7 Å². The van der Waals surface area contributed by atoms with Crippen molar-refractivity contribution in [3.63, 3.8) is 0 Å². The van der Waals surface area contributed by atoms with Crippen LogP contribution in [0.25, 0.3) is 0 Å². The van der Waals surface area contributed by atoms with Gasteiger partial charge in [0.25, 0.3) is 0 Å². The molecular formula is C13H15BrClNO3. The molecule has 6 heteroatoms. The summed E-state index contributed by atoms with van der Waals surface area (Å²) in [5.41, 5.74) is -0.0235. The van der Waals surface area contributed by atoms with Crippen molar-refractivity contribution in [3.8, 4) is 0 Å². The number of carbonyl (C=O) groups excluding carboxylic acids is 1. The van der Waals surface area contributed by atoms with Gasteiger partial charge in [0.1, 0.15) is 0 Å². The Balaban J connectivity index is 2.70. The predicted octanol–water partition coefficient (Wildman–Crippen LogP) is 3.93. The van der Waals surface area contributed by atoms with E-state index < -0.39 is 11.4 Å². The smallest absolute Gasteiger partial charge is 0.303 e. The number of halogens is 2. The average molecular weight is 349 g/mol. The van der Waals surface area contributed by atoms with E-state index in [0.29, 0.717) is 15.2 Å². The maximum Gasteiger partial charge on any atom is 0.303 e. The van der Waals surface area contributed by atoms with Crippen molar-refractivity contribution in [2.75, 3.05) is 5.32 Å². The highest BCUT2D eigenvalue weighted by Crippen LogP contribution is 2.31. The van der Waals surface area contributed by atoms with Crippen molar-refractivity contribution < 1.29 is 14.7 Å². The van der Waals surface area contributed by atoms with Crippen LogP contribution in [0.1, 0.15) is 26.7 Å². The van der Waals surface area contributed by atoms with Gasteiger partial charge in [-0.3, -0.25) is 9.59 Å². The van der Waals surface area contributed by atoms with Gasteiger partial charge < -0.3 is 10.4 Å². The van der Waals surface area contributed by atoms with Crippen LogP contribution in [-0.4, -0.2) is 17.0 Å². The van der Waals surface area contributed by atoms with Gasteiger partial charge >= 0.3 is 5.97 Å². The van der Waals surface area contributed by atoms with Gasteiger partial charge in [-0.25, -0.2) is 0 Å². The summed E-state index contributed by atoms with van der Waals surface area (Å²) in [5, 5.41) is 12.0. The lowest BCUT2D eigenvalue weighted by Crippen LogP contribution is -2.24. The molecule has 0 radical (unpaired) electrons. The third kappa shape index (κ3) is 5.20. The van der Waals surface area contributed by atoms with E-state index in [1.54, 1.807) is 32.0 Å². The van der Waals surface area contributed by atoms with Crippen LogP contribution in [0, 0.1) is 5.41 Å². The highest BCUT2D eigenvalue weighted by Gasteiger charge is 2.25. The zero-order chi connectivity index (χ0) is 14.6. The minimum Gasteiger partial charge on any atom is -0.481 e. The number of anilines is 1. The molecule has 0 saturated heterocycles.